The molecule has 27 heavy (non-hydrogen) atoms. The molecule has 140 valence electrons. The molecule has 4 rings (SSSR count). The highest BCUT2D eigenvalue weighted by molar-refractivity contribution is 5.97. The van der Waals surface area contributed by atoms with Crippen LogP contribution in [0.4, 0.5) is 11.4 Å². The van der Waals surface area contributed by atoms with Gasteiger partial charge in [-0.25, -0.2) is 0 Å². The van der Waals surface area contributed by atoms with Gasteiger partial charge in [0, 0.05) is 30.8 Å². The van der Waals surface area contributed by atoms with E-state index < -0.39 is 0 Å². The molecule has 2 aromatic carbocycles. The van der Waals surface area contributed by atoms with Crippen LogP contribution >= 0.6 is 0 Å². The van der Waals surface area contributed by atoms with Crippen LogP contribution < -0.4 is 20.1 Å². The van der Waals surface area contributed by atoms with E-state index in [1.54, 1.807) is 6.07 Å². The molecule has 1 atom stereocenters. The maximum absolute atomic E-state index is 12.3. The van der Waals surface area contributed by atoms with E-state index in [9.17, 15) is 9.59 Å². The first-order valence-corrected chi connectivity index (χ1v) is 8.76. The van der Waals surface area contributed by atoms with E-state index in [4.69, 9.17) is 14.2 Å². The number of nitrogens with one attached hydrogen (secondary N) is 2. The normalized spacial score (nSPS) is 17.7. The Hall–Kier alpha value is -3.06. The highest BCUT2D eigenvalue weighted by Gasteiger charge is 2.28. The largest absolute Gasteiger partial charge is 0.486 e. The van der Waals surface area contributed by atoms with Gasteiger partial charge in [-0.05, 0) is 35.4 Å². The molecule has 2 aliphatic heterocycles. The van der Waals surface area contributed by atoms with E-state index in [1.165, 1.54) is 7.11 Å². The predicted octanol–water partition coefficient (Wildman–Crippen LogP) is 2.52. The van der Waals surface area contributed by atoms with E-state index >= 15 is 0 Å². The summed E-state index contributed by atoms with van der Waals surface area (Å²) in [5, 5.41) is 5.64. The van der Waals surface area contributed by atoms with Crippen molar-refractivity contribution in [3.63, 3.8) is 0 Å². The Morgan fingerprint density at radius 1 is 1.19 bits per heavy atom. The topological polar surface area (TPSA) is 85.9 Å². The molecular weight excluding hydrogens is 348 g/mol. The van der Waals surface area contributed by atoms with Gasteiger partial charge >= 0.3 is 0 Å². The number of carbonyl (C=O) groups is 2. The van der Waals surface area contributed by atoms with Gasteiger partial charge in [0.05, 0.1) is 0 Å². The lowest BCUT2D eigenvalue weighted by Crippen LogP contribution is -2.24. The number of carbonyl (C=O) groups excluding carboxylic acids is 2. The number of amides is 2. The van der Waals surface area contributed by atoms with Gasteiger partial charge in [0.1, 0.15) is 19.8 Å². The molecule has 7 nitrogen and oxygen atoms in total. The summed E-state index contributed by atoms with van der Waals surface area (Å²) in [4.78, 5) is 24.0. The van der Waals surface area contributed by atoms with E-state index in [1.807, 2.05) is 30.3 Å². The molecule has 2 amide bonds. The van der Waals surface area contributed by atoms with E-state index in [2.05, 4.69) is 10.6 Å². The molecule has 0 unspecified atom stereocenters. The molecule has 0 aromatic heterocycles. The second-order valence-corrected chi connectivity index (χ2v) is 6.49. The van der Waals surface area contributed by atoms with Crippen LogP contribution in [0.3, 0.4) is 0 Å². The van der Waals surface area contributed by atoms with Crippen molar-refractivity contribution in [1.29, 1.82) is 0 Å². The standard InChI is InChI=1S/C20H20N2O5/c1-25-11-20(24)21-13-3-4-14-15(10-19(23)22-16(14)9-13)12-2-5-17-18(8-12)27-7-6-26-17/h2-5,8-9,15H,6-7,10-11H2,1H3,(H,21,24)(H,22,23)/t15-/m0/s1. The van der Waals surface area contributed by atoms with Crippen molar-refractivity contribution in [2.45, 2.75) is 12.3 Å². The zero-order chi connectivity index (χ0) is 18.8. The van der Waals surface area contributed by atoms with E-state index in [-0.39, 0.29) is 24.3 Å². The number of rotatable bonds is 4. The van der Waals surface area contributed by atoms with Gasteiger partial charge in [0.25, 0.3) is 0 Å². The van der Waals surface area contributed by atoms with Gasteiger partial charge in [-0.1, -0.05) is 12.1 Å². The Kier molecular flexibility index (Phi) is 4.68. The average molecular weight is 368 g/mol. The molecule has 0 saturated heterocycles. The van der Waals surface area contributed by atoms with Crippen LogP contribution in [-0.4, -0.2) is 38.7 Å². The number of anilines is 2. The number of hydrogen-bond acceptors (Lipinski definition) is 5. The molecule has 0 fully saturated rings. The first-order valence-electron chi connectivity index (χ1n) is 8.76. The summed E-state index contributed by atoms with van der Waals surface area (Å²) < 4.78 is 16.1. The predicted molar refractivity (Wildman–Crippen MR) is 99.5 cm³/mol. The summed E-state index contributed by atoms with van der Waals surface area (Å²) in [7, 11) is 1.46. The van der Waals surface area contributed by atoms with Crippen molar-refractivity contribution in [1.82, 2.24) is 0 Å². The fourth-order valence-corrected chi connectivity index (χ4v) is 3.45. The summed E-state index contributed by atoms with van der Waals surface area (Å²) in [6, 6.07) is 11.3. The van der Waals surface area contributed by atoms with Crippen LogP contribution in [0.15, 0.2) is 36.4 Å². The minimum Gasteiger partial charge on any atom is -0.486 e. The Labute approximate surface area is 156 Å². The minimum absolute atomic E-state index is 0.0245. The third-order valence-electron chi connectivity index (χ3n) is 4.62. The average Bonchev–Trinajstić information content (AvgIpc) is 2.67. The lowest BCUT2D eigenvalue weighted by Gasteiger charge is -2.28. The molecule has 0 spiro atoms. The maximum atomic E-state index is 12.3. The van der Waals surface area contributed by atoms with Gasteiger partial charge in [-0.15, -0.1) is 0 Å². The Balaban J connectivity index is 1.65. The van der Waals surface area contributed by atoms with Gasteiger partial charge in [-0.3, -0.25) is 9.59 Å². The minimum atomic E-state index is -0.247. The lowest BCUT2D eigenvalue weighted by atomic mass is 9.84. The summed E-state index contributed by atoms with van der Waals surface area (Å²) in [5.74, 6) is 1.02. The molecule has 2 aromatic rings. The SMILES string of the molecule is COCC(=O)Nc1ccc2c(c1)NC(=O)C[C@H]2c1ccc2c(c1)OCCO2. The fourth-order valence-electron chi connectivity index (χ4n) is 3.45. The second kappa shape index (κ2) is 7.28. The van der Waals surface area contributed by atoms with Gasteiger partial charge in [0.15, 0.2) is 11.5 Å². The van der Waals surface area contributed by atoms with Crippen molar-refractivity contribution >= 4 is 23.2 Å². The Morgan fingerprint density at radius 3 is 2.81 bits per heavy atom. The van der Waals surface area contributed by atoms with Crippen molar-refractivity contribution in [2.24, 2.45) is 0 Å². The van der Waals surface area contributed by atoms with Gasteiger partial charge < -0.3 is 24.8 Å². The zero-order valence-electron chi connectivity index (χ0n) is 14.9. The summed E-state index contributed by atoms with van der Waals surface area (Å²) in [5.41, 5.74) is 3.29. The second-order valence-electron chi connectivity index (χ2n) is 6.49. The molecule has 2 heterocycles. The molecule has 7 heteroatoms. The van der Waals surface area contributed by atoms with Crippen LogP contribution in [0.25, 0.3) is 0 Å². The highest BCUT2D eigenvalue weighted by Crippen LogP contribution is 2.41. The van der Waals surface area contributed by atoms with Crippen LogP contribution in [0, 0.1) is 0 Å². The van der Waals surface area contributed by atoms with Gasteiger partial charge in [0.2, 0.25) is 11.8 Å². The van der Waals surface area contributed by atoms with Gasteiger partial charge in [-0.2, -0.15) is 0 Å². The van der Waals surface area contributed by atoms with Crippen molar-refractivity contribution in [3.8, 4) is 11.5 Å². The number of ether oxygens (including phenoxy) is 3. The molecule has 0 radical (unpaired) electrons. The van der Waals surface area contributed by atoms with Crippen LogP contribution in [0.2, 0.25) is 0 Å². The quantitative estimate of drug-likeness (QED) is 0.866. The Bertz CT molecular complexity index is 896. The monoisotopic (exact) mass is 368 g/mol. The van der Waals surface area contributed by atoms with Crippen molar-refractivity contribution in [3.05, 3.63) is 47.5 Å². The summed E-state index contributed by atoms with van der Waals surface area (Å²) >= 11 is 0. The summed E-state index contributed by atoms with van der Waals surface area (Å²) in [6.45, 7) is 1.03. The van der Waals surface area contributed by atoms with Crippen molar-refractivity contribution < 1.29 is 23.8 Å². The smallest absolute Gasteiger partial charge is 0.250 e. The van der Waals surface area contributed by atoms with Crippen LogP contribution in [-0.2, 0) is 14.3 Å². The zero-order valence-corrected chi connectivity index (χ0v) is 14.9. The van der Waals surface area contributed by atoms with Crippen molar-refractivity contribution in [2.75, 3.05) is 37.6 Å². The van der Waals surface area contributed by atoms with Crippen LogP contribution in [0.1, 0.15) is 23.5 Å². The molecule has 0 saturated carbocycles. The Morgan fingerprint density at radius 2 is 2.00 bits per heavy atom. The number of methoxy groups -OCH3 is 1. The first-order chi connectivity index (χ1) is 13.1. The summed E-state index contributed by atoms with van der Waals surface area (Å²) in [6.07, 6.45) is 0.349. The molecule has 0 bridgehead atoms. The molecule has 2 aliphatic rings. The van der Waals surface area contributed by atoms with E-state index in [0.29, 0.717) is 36.8 Å². The lowest BCUT2D eigenvalue weighted by molar-refractivity contribution is -0.119. The maximum Gasteiger partial charge on any atom is 0.250 e. The number of benzene rings is 2. The number of hydrogen-bond donors (Lipinski definition) is 2. The highest BCUT2D eigenvalue weighted by atomic mass is 16.6. The van der Waals surface area contributed by atoms with Crippen LogP contribution in [0.5, 0.6) is 11.5 Å². The first kappa shape index (κ1) is 17.4. The van der Waals surface area contributed by atoms with E-state index in [0.717, 1.165) is 16.9 Å². The third kappa shape index (κ3) is 3.59. The fraction of sp³-hybridized carbons (Fsp3) is 0.300. The molecule has 0 aliphatic carbocycles. The third-order valence-corrected chi connectivity index (χ3v) is 4.62. The molecular formula is C20H20N2O5. The molecule has 2 N–H and O–H groups in total. The number of fused-ring (bicyclic) bond motifs is 2.